The standard InChI is InChI=1S/C16H24O2/c1-11-7-8-12(2)14(10-11)18-13-6-5-9-16(3,4)15(13)17/h7-8,10,13,15,17H,5-6,9H2,1-4H3. The zero-order chi connectivity index (χ0) is 13.3. The number of benzene rings is 1. The van der Waals surface area contributed by atoms with Gasteiger partial charge in [-0.15, -0.1) is 0 Å². The van der Waals surface area contributed by atoms with E-state index in [2.05, 4.69) is 45.9 Å². The summed E-state index contributed by atoms with van der Waals surface area (Å²) in [4.78, 5) is 0. The van der Waals surface area contributed by atoms with Gasteiger partial charge in [0, 0.05) is 0 Å². The van der Waals surface area contributed by atoms with Crippen molar-refractivity contribution in [3.05, 3.63) is 29.3 Å². The summed E-state index contributed by atoms with van der Waals surface area (Å²) in [6, 6.07) is 6.22. The average Bonchev–Trinajstić information content (AvgIpc) is 2.30. The molecule has 0 aliphatic heterocycles. The van der Waals surface area contributed by atoms with E-state index in [1.165, 1.54) is 5.56 Å². The molecule has 1 aromatic carbocycles. The Morgan fingerprint density at radius 2 is 2.00 bits per heavy atom. The number of hydrogen-bond acceptors (Lipinski definition) is 2. The second kappa shape index (κ2) is 4.93. The summed E-state index contributed by atoms with van der Waals surface area (Å²) >= 11 is 0. The van der Waals surface area contributed by atoms with Gasteiger partial charge in [0.1, 0.15) is 11.9 Å². The van der Waals surface area contributed by atoms with Crippen LogP contribution in [0.4, 0.5) is 0 Å². The Morgan fingerprint density at radius 3 is 2.72 bits per heavy atom. The van der Waals surface area contributed by atoms with Crippen molar-refractivity contribution in [3.63, 3.8) is 0 Å². The average molecular weight is 248 g/mol. The van der Waals surface area contributed by atoms with Crippen LogP contribution in [0.2, 0.25) is 0 Å². The van der Waals surface area contributed by atoms with Crippen molar-refractivity contribution < 1.29 is 9.84 Å². The maximum Gasteiger partial charge on any atom is 0.125 e. The number of hydrogen-bond donors (Lipinski definition) is 1. The minimum atomic E-state index is -0.383. The van der Waals surface area contributed by atoms with Crippen LogP contribution in [-0.2, 0) is 0 Å². The molecule has 0 radical (unpaired) electrons. The van der Waals surface area contributed by atoms with Crippen LogP contribution in [0.5, 0.6) is 5.75 Å². The van der Waals surface area contributed by atoms with E-state index in [0.717, 1.165) is 30.6 Å². The Balaban J connectivity index is 2.15. The summed E-state index contributed by atoms with van der Waals surface area (Å²) in [6.45, 7) is 8.36. The number of aliphatic hydroxyl groups is 1. The molecule has 0 amide bonds. The second-order valence-corrected chi connectivity index (χ2v) is 6.25. The maximum absolute atomic E-state index is 10.4. The van der Waals surface area contributed by atoms with Crippen LogP contribution >= 0.6 is 0 Å². The molecular weight excluding hydrogens is 224 g/mol. The summed E-state index contributed by atoms with van der Waals surface area (Å²) in [5.74, 6) is 0.914. The van der Waals surface area contributed by atoms with Crippen molar-refractivity contribution in [2.45, 2.75) is 59.2 Å². The van der Waals surface area contributed by atoms with Crippen molar-refractivity contribution >= 4 is 0 Å². The normalized spacial score (nSPS) is 26.9. The van der Waals surface area contributed by atoms with Gasteiger partial charge in [-0.05, 0) is 55.7 Å². The topological polar surface area (TPSA) is 29.5 Å². The van der Waals surface area contributed by atoms with Crippen LogP contribution in [0.15, 0.2) is 18.2 Å². The smallest absolute Gasteiger partial charge is 0.125 e. The van der Waals surface area contributed by atoms with Gasteiger partial charge in [-0.1, -0.05) is 26.0 Å². The first-order valence-corrected chi connectivity index (χ1v) is 6.82. The van der Waals surface area contributed by atoms with E-state index >= 15 is 0 Å². The summed E-state index contributed by atoms with van der Waals surface area (Å²) in [7, 11) is 0. The highest BCUT2D eigenvalue weighted by atomic mass is 16.5. The quantitative estimate of drug-likeness (QED) is 0.866. The first-order chi connectivity index (χ1) is 8.40. The van der Waals surface area contributed by atoms with E-state index < -0.39 is 0 Å². The van der Waals surface area contributed by atoms with Crippen molar-refractivity contribution in [1.29, 1.82) is 0 Å². The molecule has 2 heteroatoms. The van der Waals surface area contributed by atoms with Gasteiger partial charge in [0.2, 0.25) is 0 Å². The van der Waals surface area contributed by atoms with E-state index in [9.17, 15) is 5.11 Å². The highest BCUT2D eigenvalue weighted by molar-refractivity contribution is 5.36. The molecule has 1 aliphatic rings. The molecule has 2 rings (SSSR count). The number of aryl methyl sites for hydroxylation is 2. The monoisotopic (exact) mass is 248 g/mol. The molecule has 2 nitrogen and oxygen atoms in total. The predicted octanol–water partition coefficient (Wildman–Crippen LogP) is 3.62. The van der Waals surface area contributed by atoms with Crippen molar-refractivity contribution in [3.8, 4) is 5.75 Å². The van der Waals surface area contributed by atoms with Gasteiger partial charge in [0.15, 0.2) is 0 Å². The highest BCUT2D eigenvalue weighted by Gasteiger charge is 2.39. The molecule has 1 N–H and O–H groups in total. The van der Waals surface area contributed by atoms with Gasteiger partial charge in [-0.3, -0.25) is 0 Å². The predicted molar refractivity (Wildman–Crippen MR) is 74.0 cm³/mol. The third-order valence-corrected chi connectivity index (χ3v) is 4.08. The Kier molecular flexibility index (Phi) is 3.67. The first-order valence-electron chi connectivity index (χ1n) is 6.82. The highest BCUT2D eigenvalue weighted by Crippen LogP contribution is 2.37. The van der Waals surface area contributed by atoms with Gasteiger partial charge in [0.25, 0.3) is 0 Å². The molecule has 1 aliphatic carbocycles. The molecule has 0 heterocycles. The van der Waals surface area contributed by atoms with E-state index in [1.807, 2.05) is 0 Å². The number of aliphatic hydroxyl groups excluding tert-OH is 1. The third kappa shape index (κ3) is 2.69. The van der Waals surface area contributed by atoms with Gasteiger partial charge < -0.3 is 9.84 Å². The van der Waals surface area contributed by atoms with Crippen molar-refractivity contribution in [1.82, 2.24) is 0 Å². The van der Waals surface area contributed by atoms with Crippen molar-refractivity contribution in [2.75, 3.05) is 0 Å². The fourth-order valence-electron chi connectivity index (χ4n) is 2.69. The lowest BCUT2D eigenvalue weighted by atomic mass is 9.73. The van der Waals surface area contributed by atoms with Crippen LogP contribution in [0, 0.1) is 19.3 Å². The molecule has 1 fully saturated rings. The maximum atomic E-state index is 10.4. The largest absolute Gasteiger partial charge is 0.487 e. The molecule has 0 bridgehead atoms. The fraction of sp³-hybridized carbons (Fsp3) is 0.625. The number of ether oxygens (including phenoxy) is 1. The van der Waals surface area contributed by atoms with Crippen LogP contribution in [0.25, 0.3) is 0 Å². The van der Waals surface area contributed by atoms with E-state index in [-0.39, 0.29) is 17.6 Å². The molecule has 2 atom stereocenters. The lowest BCUT2D eigenvalue weighted by molar-refractivity contribution is -0.0691. The van der Waals surface area contributed by atoms with E-state index in [1.54, 1.807) is 0 Å². The molecule has 0 aromatic heterocycles. The van der Waals surface area contributed by atoms with E-state index in [4.69, 9.17) is 4.74 Å². The molecule has 1 aromatic rings. The van der Waals surface area contributed by atoms with Crippen LogP contribution in [0.1, 0.15) is 44.2 Å². The Morgan fingerprint density at radius 1 is 1.28 bits per heavy atom. The molecular formula is C16H24O2. The Labute approximate surface area is 110 Å². The van der Waals surface area contributed by atoms with Gasteiger partial charge in [-0.25, -0.2) is 0 Å². The molecule has 100 valence electrons. The fourth-order valence-corrected chi connectivity index (χ4v) is 2.69. The zero-order valence-electron chi connectivity index (χ0n) is 11.9. The Hall–Kier alpha value is -1.02. The minimum Gasteiger partial charge on any atom is -0.487 e. The molecule has 0 spiro atoms. The van der Waals surface area contributed by atoms with Gasteiger partial charge >= 0.3 is 0 Å². The summed E-state index contributed by atoms with van der Waals surface area (Å²) in [5, 5.41) is 10.4. The lowest BCUT2D eigenvalue weighted by Crippen LogP contribution is -2.46. The summed E-state index contributed by atoms with van der Waals surface area (Å²) in [5.41, 5.74) is 2.29. The van der Waals surface area contributed by atoms with Crippen LogP contribution in [0.3, 0.4) is 0 Å². The molecule has 18 heavy (non-hydrogen) atoms. The zero-order valence-corrected chi connectivity index (χ0v) is 11.9. The molecule has 1 saturated carbocycles. The van der Waals surface area contributed by atoms with Crippen molar-refractivity contribution in [2.24, 2.45) is 5.41 Å². The second-order valence-electron chi connectivity index (χ2n) is 6.25. The van der Waals surface area contributed by atoms with Crippen LogP contribution in [-0.4, -0.2) is 17.3 Å². The summed E-state index contributed by atoms with van der Waals surface area (Å²) in [6.07, 6.45) is 2.68. The SMILES string of the molecule is Cc1ccc(C)c(OC2CCCC(C)(C)C2O)c1. The van der Waals surface area contributed by atoms with Gasteiger partial charge in [-0.2, -0.15) is 0 Å². The first kappa shape index (κ1) is 13.4. The lowest BCUT2D eigenvalue weighted by Gasteiger charge is -2.40. The third-order valence-electron chi connectivity index (χ3n) is 4.08. The summed E-state index contributed by atoms with van der Waals surface area (Å²) < 4.78 is 6.06. The Bertz CT molecular complexity index is 423. The van der Waals surface area contributed by atoms with Gasteiger partial charge in [0.05, 0.1) is 6.10 Å². The van der Waals surface area contributed by atoms with E-state index in [0.29, 0.717) is 0 Å². The molecule has 0 saturated heterocycles. The van der Waals surface area contributed by atoms with Crippen LogP contribution < -0.4 is 4.74 Å². The minimum absolute atomic E-state index is 0.0410. The molecule has 2 unspecified atom stereocenters. The number of rotatable bonds is 2.